The Morgan fingerprint density at radius 3 is 2.82 bits per heavy atom. The van der Waals surface area contributed by atoms with Crippen LogP contribution in [-0.2, 0) is 0 Å². The Balaban J connectivity index is 2.69. The van der Waals surface area contributed by atoms with Gasteiger partial charge in [0.25, 0.3) is 5.91 Å². The Morgan fingerprint density at radius 1 is 1.59 bits per heavy atom. The second-order valence-electron chi connectivity index (χ2n) is 3.90. The number of halogens is 1. The lowest BCUT2D eigenvalue weighted by Crippen LogP contribution is -2.31. The van der Waals surface area contributed by atoms with Gasteiger partial charge in [0.2, 0.25) is 0 Å². The topological polar surface area (TPSA) is 64.3 Å². The van der Waals surface area contributed by atoms with Gasteiger partial charge in [0, 0.05) is 12.6 Å². The Kier molecular flexibility index (Phi) is 4.90. The first kappa shape index (κ1) is 13.4. The zero-order valence-corrected chi connectivity index (χ0v) is 10.00. The van der Waals surface area contributed by atoms with Crippen molar-refractivity contribution in [2.45, 2.75) is 6.92 Å². The molecule has 0 aromatic heterocycles. The average Bonchev–Trinajstić information content (AvgIpc) is 2.35. The highest BCUT2D eigenvalue weighted by atomic mass is 19.1. The summed E-state index contributed by atoms with van der Waals surface area (Å²) in [5, 5.41) is 2.63. The van der Waals surface area contributed by atoms with Crippen LogP contribution in [0.1, 0.15) is 17.3 Å². The van der Waals surface area contributed by atoms with Crippen LogP contribution in [0.2, 0.25) is 0 Å². The van der Waals surface area contributed by atoms with E-state index >= 15 is 0 Å². The van der Waals surface area contributed by atoms with Crippen LogP contribution in [0.3, 0.4) is 0 Å². The number of hydrogen-bond acceptors (Lipinski definition) is 3. The van der Waals surface area contributed by atoms with Crippen molar-refractivity contribution in [2.75, 3.05) is 20.2 Å². The largest absolute Gasteiger partial charge is 0.497 e. The first-order chi connectivity index (χ1) is 8.08. The first-order valence-electron chi connectivity index (χ1n) is 5.40. The predicted octanol–water partition coefficient (Wildman–Crippen LogP) is 1.16. The van der Waals surface area contributed by atoms with Gasteiger partial charge in [0.1, 0.15) is 11.6 Å². The van der Waals surface area contributed by atoms with Crippen LogP contribution >= 0.6 is 0 Å². The van der Waals surface area contributed by atoms with Crippen LogP contribution in [0.25, 0.3) is 0 Å². The van der Waals surface area contributed by atoms with Gasteiger partial charge in [0.15, 0.2) is 0 Å². The quantitative estimate of drug-likeness (QED) is 0.811. The molecule has 4 nitrogen and oxygen atoms in total. The molecule has 1 atom stereocenters. The molecule has 1 aromatic carbocycles. The molecule has 0 aliphatic heterocycles. The van der Waals surface area contributed by atoms with Crippen molar-refractivity contribution in [3.05, 3.63) is 29.6 Å². The summed E-state index contributed by atoms with van der Waals surface area (Å²) in [4.78, 5) is 11.7. The zero-order valence-electron chi connectivity index (χ0n) is 10.00. The van der Waals surface area contributed by atoms with Gasteiger partial charge in [-0.05, 0) is 24.6 Å². The molecule has 0 aliphatic rings. The summed E-state index contributed by atoms with van der Waals surface area (Å²) in [6, 6.07) is 4.13. The number of ether oxygens (including phenoxy) is 1. The predicted molar refractivity (Wildman–Crippen MR) is 63.5 cm³/mol. The number of hydrogen-bond donors (Lipinski definition) is 2. The van der Waals surface area contributed by atoms with Crippen molar-refractivity contribution in [3.63, 3.8) is 0 Å². The highest BCUT2D eigenvalue weighted by Crippen LogP contribution is 2.16. The van der Waals surface area contributed by atoms with E-state index < -0.39 is 11.7 Å². The minimum Gasteiger partial charge on any atom is -0.497 e. The molecule has 0 aliphatic carbocycles. The normalized spacial score (nSPS) is 12.0. The summed E-state index contributed by atoms with van der Waals surface area (Å²) >= 11 is 0. The van der Waals surface area contributed by atoms with E-state index in [1.807, 2.05) is 6.92 Å². The molecule has 3 N–H and O–H groups in total. The minimum absolute atomic E-state index is 0.00928. The van der Waals surface area contributed by atoms with Crippen molar-refractivity contribution in [3.8, 4) is 5.75 Å². The van der Waals surface area contributed by atoms with Gasteiger partial charge in [-0.25, -0.2) is 4.39 Å². The van der Waals surface area contributed by atoms with E-state index in [1.54, 1.807) is 6.07 Å². The summed E-state index contributed by atoms with van der Waals surface area (Å²) in [5.74, 6) is -0.484. The van der Waals surface area contributed by atoms with Crippen LogP contribution < -0.4 is 15.8 Å². The molecule has 17 heavy (non-hydrogen) atoms. The molecule has 0 bridgehead atoms. The summed E-state index contributed by atoms with van der Waals surface area (Å²) in [6.45, 7) is 2.82. The van der Waals surface area contributed by atoms with Crippen LogP contribution in [0.15, 0.2) is 18.2 Å². The number of benzene rings is 1. The number of carbonyl (C=O) groups is 1. The SMILES string of the molecule is COc1ccc(C(=O)NCC(C)CN)c(F)c1. The molecule has 1 unspecified atom stereocenters. The van der Waals surface area contributed by atoms with Crippen molar-refractivity contribution in [1.82, 2.24) is 5.32 Å². The van der Waals surface area contributed by atoms with E-state index in [-0.39, 0.29) is 11.5 Å². The fourth-order valence-corrected chi connectivity index (χ4v) is 1.25. The number of nitrogens with one attached hydrogen (secondary N) is 1. The van der Waals surface area contributed by atoms with E-state index in [2.05, 4.69) is 5.32 Å². The summed E-state index contributed by atoms with van der Waals surface area (Å²) in [6.07, 6.45) is 0. The zero-order chi connectivity index (χ0) is 12.8. The second kappa shape index (κ2) is 6.20. The molecule has 0 fully saturated rings. The maximum absolute atomic E-state index is 13.5. The third-order valence-corrected chi connectivity index (χ3v) is 2.43. The maximum atomic E-state index is 13.5. The highest BCUT2D eigenvalue weighted by Gasteiger charge is 2.12. The Morgan fingerprint density at radius 2 is 2.29 bits per heavy atom. The van der Waals surface area contributed by atoms with E-state index in [1.165, 1.54) is 19.2 Å². The minimum atomic E-state index is -0.595. The van der Waals surface area contributed by atoms with Gasteiger partial charge in [0.05, 0.1) is 12.7 Å². The van der Waals surface area contributed by atoms with Gasteiger partial charge in [-0.15, -0.1) is 0 Å². The standard InChI is InChI=1S/C12H17FN2O2/c1-8(6-14)7-15-12(16)10-4-3-9(17-2)5-11(10)13/h3-5,8H,6-7,14H2,1-2H3,(H,15,16). The van der Waals surface area contributed by atoms with Gasteiger partial charge in [-0.2, -0.15) is 0 Å². The lowest BCUT2D eigenvalue weighted by molar-refractivity contribution is 0.0944. The monoisotopic (exact) mass is 240 g/mol. The van der Waals surface area contributed by atoms with Crippen LogP contribution in [0, 0.1) is 11.7 Å². The molecular weight excluding hydrogens is 223 g/mol. The molecule has 5 heteroatoms. The van der Waals surface area contributed by atoms with E-state index in [0.717, 1.165) is 0 Å². The number of amides is 1. The summed E-state index contributed by atoms with van der Waals surface area (Å²) in [5.41, 5.74) is 5.43. The third kappa shape index (κ3) is 3.71. The van der Waals surface area contributed by atoms with Crippen LogP contribution in [0.5, 0.6) is 5.75 Å². The Bertz CT molecular complexity index is 396. The van der Waals surface area contributed by atoms with E-state index in [9.17, 15) is 9.18 Å². The highest BCUT2D eigenvalue weighted by molar-refractivity contribution is 5.94. The van der Waals surface area contributed by atoms with E-state index in [4.69, 9.17) is 10.5 Å². The lowest BCUT2D eigenvalue weighted by atomic mass is 10.1. The smallest absolute Gasteiger partial charge is 0.254 e. The third-order valence-electron chi connectivity index (χ3n) is 2.43. The van der Waals surface area contributed by atoms with Crippen molar-refractivity contribution in [2.24, 2.45) is 11.7 Å². The fourth-order valence-electron chi connectivity index (χ4n) is 1.25. The summed E-state index contributed by atoms with van der Waals surface area (Å²) in [7, 11) is 1.44. The maximum Gasteiger partial charge on any atom is 0.254 e. The van der Waals surface area contributed by atoms with Gasteiger partial charge >= 0.3 is 0 Å². The number of nitrogens with two attached hydrogens (primary N) is 1. The number of rotatable bonds is 5. The molecule has 0 saturated heterocycles. The Hall–Kier alpha value is -1.62. The summed E-state index contributed by atoms with van der Waals surface area (Å²) < 4.78 is 18.4. The molecule has 1 rings (SSSR count). The molecule has 94 valence electrons. The number of carbonyl (C=O) groups excluding carboxylic acids is 1. The molecule has 1 aromatic rings. The van der Waals surface area contributed by atoms with Crippen molar-refractivity contribution < 1.29 is 13.9 Å². The van der Waals surface area contributed by atoms with Gasteiger partial charge < -0.3 is 15.8 Å². The molecule has 0 saturated carbocycles. The van der Waals surface area contributed by atoms with Gasteiger partial charge in [-0.3, -0.25) is 4.79 Å². The molecule has 1 amide bonds. The molecule has 0 radical (unpaired) electrons. The fraction of sp³-hybridized carbons (Fsp3) is 0.417. The molecular formula is C12H17FN2O2. The second-order valence-corrected chi connectivity index (χ2v) is 3.90. The van der Waals surface area contributed by atoms with Crippen LogP contribution in [-0.4, -0.2) is 26.1 Å². The van der Waals surface area contributed by atoms with Crippen molar-refractivity contribution >= 4 is 5.91 Å². The van der Waals surface area contributed by atoms with Crippen LogP contribution in [0.4, 0.5) is 4.39 Å². The van der Waals surface area contributed by atoms with Crippen molar-refractivity contribution in [1.29, 1.82) is 0 Å². The lowest BCUT2D eigenvalue weighted by Gasteiger charge is -2.10. The Labute approximate surface area is 100.0 Å². The molecule has 0 spiro atoms. The molecule has 0 heterocycles. The van der Waals surface area contributed by atoms with Gasteiger partial charge in [-0.1, -0.05) is 6.92 Å². The average molecular weight is 240 g/mol. The number of methoxy groups -OCH3 is 1. The van der Waals surface area contributed by atoms with E-state index in [0.29, 0.717) is 18.8 Å². The first-order valence-corrected chi connectivity index (χ1v) is 5.40.